The minimum absolute atomic E-state index is 0.0164. The highest BCUT2D eigenvalue weighted by atomic mass is 35.5. The van der Waals surface area contributed by atoms with Gasteiger partial charge in [-0.2, -0.15) is 0 Å². The molecule has 1 aromatic carbocycles. The van der Waals surface area contributed by atoms with E-state index < -0.39 is 0 Å². The molecule has 0 spiro atoms. The van der Waals surface area contributed by atoms with Crippen LogP contribution < -0.4 is 10.5 Å². The zero-order chi connectivity index (χ0) is 12.7. The minimum atomic E-state index is -0.367. The van der Waals surface area contributed by atoms with Gasteiger partial charge in [0, 0.05) is 11.6 Å². The second-order valence-electron chi connectivity index (χ2n) is 3.77. The van der Waals surface area contributed by atoms with Crippen LogP contribution in [-0.2, 0) is 6.42 Å². The van der Waals surface area contributed by atoms with Gasteiger partial charge < -0.3 is 10.5 Å². The third-order valence-electron chi connectivity index (χ3n) is 2.47. The van der Waals surface area contributed by atoms with E-state index in [0.29, 0.717) is 6.42 Å². The van der Waals surface area contributed by atoms with Crippen molar-refractivity contribution in [3.8, 4) is 5.75 Å². The van der Waals surface area contributed by atoms with Crippen molar-refractivity contribution in [1.82, 2.24) is 0 Å². The van der Waals surface area contributed by atoms with E-state index in [-0.39, 0.29) is 24.2 Å². The van der Waals surface area contributed by atoms with E-state index >= 15 is 0 Å². The summed E-state index contributed by atoms with van der Waals surface area (Å²) in [6, 6.07) is 4.89. The summed E-state index contributed by atoms with van der Waals surface area (Å²) in [7, 11) is 0. The fourth-order valence-electron chi connectivity index (χ4n) is 1.47. The van der Waals surface area contributed by atoms with E-state index in [1.807, 2.05) is 13.0 Å². The lowest BCUT2D eigenvalue weighted by atomic mass is 10.0. The van der Waals surface area contributed by atoms with Gasteiger partial charge in [-0.05, 0) is 30.5 Å². The molecule has 0 fully saturated rings. The molecule has 94 valence electrons. The van der Waals surface area contributed by atoms with Gasteiger partial charge in [0.1, 0.15) is 6.61 Å². The lowest BCUT2D eigenvalue weighted by Crippen LogP contribution is -2.22. The third-order valence-corrected chi connectivity index (χ3v) is 2.65. The summed E-state index contributed by atoms with van der Waals surface area (Å²) in [4.78, 5) is 0. The number of ether oxygens (including phenoxy) is 1. The molecule has 0 saturated carbocycles. The predicted octanol–water partition coefficient (Wildman–Crippen LogP) is 3.24. The molecule has 2 nitrogen and oxygen atoms in total. The maximum absolute atomic E-state index is 13.6. The van der Waals surface area contributed by atoms with E-state index in [1.54, 1.807) is 12.1 Å². The summed E-state index contributed by atoms with van der Waals surface area (Å²) >= 11 is 5.38. The topological polar surface area (TPSA) is 35.2 Å². The molecule has 1 aromatic rings. The molecule has 0 aliphatic carbocycles. The zero-order valence-corrected chi connectivity index (χ0v) is 10.6. The fraction of sp³-hybridized carbons (Fsp3) is 0.385. The Kier molecular flexibility index (Phi) is 6.01. The van der Waals surface area contributed by atoms with Crippen LogP contribution in [0.15, 0.2) is 29.8 Å². The summed E-state index contributed by atoms with van der Waals surface area (Å²) < 4.78 is 19.0. The second-order valence-corrected chi connectivity index (χ2v) is 4.03. The number of benzene rings is 1. The molecule has 0 radical (unpaired) electrons. The molecule has 4 heteroatoms. The largest absolute Gasteiger partial charge is 0.486 e. The van der Waals surface area contributed by atoms with Crippen LogP contribution in [0.3, 0.4) is 0 Å². The quantitative estimate of drug-likeness (QED) is 0.849. The van der Waals surface area contributed by atoms with Crippen LogP contribution in [-0.4, -0.2) is 12.6 Å². The van der Waals surface area contributed by atoms with Gasteiger partial charge >= 0.3 is 0 Å². The van der Waals surface area contributed by atoms with Gasteiger partial charge in [-0.1, -0.05) is 30.7 Å². The molecular formula is C13H17ClFNO. The molecule has 0 saturated heterocycles. The van der Waals surface area contributed by atoms with Gasteiger partial charge in [-0.25, -0.2) is 4.39 Å². The highest BCUT2D eigenvalue weighted by Crippen LogP contribution is 2.24. The molecule has 0 aliphatic rings. The van der Waals surface area contributed by atoms with Crippen LogP contribution in [0.5, 0.6) is 5.75 Å². The molecule has 0 aromatic heterocycles. The van der Waals surface area contributed by atoms with E-state index in [4.69, 9.17) is 22.1 Å². The SMILES string of the molecule is CCC(N)Cc1cccc(F)c1OC/C=C/Cl. The normalized spacial score (nSPS) is 12.9. The number of hydrogen-bond donors (Lipinski definition) is 1. The van der Waals surface area contributed by atoms with Crippen molar-refractivity contribution in [2.24, 2.45) is 5.73 Å². The van der Waals surface area contributed by atoms with E-state index in [9.17, 15) is 4.39 Å². The monoisotopic (exact) mass is 257 g/mol. The molecule has 17 heavy (non-hydrogen) atoms. The second kappa shape index (κ2) is 7.30. The highest BCUT2D eigenvalue weighted by molar-refractivity contribution is 6.25. The molecule has 1 atom stereocenters. The lowest BCUT2D eigenvalue weighted by Gasteiger charge is -2.14. The van der Waals surface area contributed by atoms with E-state index in [1.165, 1.54) is 11.6 Å². The number of halogens is 2. The Hall–Kier alpha value is -1.06. The maximum atomic E-state index is 13.6. The Morgan fingerprint density at radius 1 is 1.53 bits per heavy atom. The Bertz CT molecular complexity index is 382. The molecule has 0 bridgehead atoms. The molecule has 0 aliphatic heterocycles. The summed E-state index contributed by atoms with van der Waals surface area (Å²) in [6.45, 7) is 2.25. The van der Waals surface area contributed by atoms with Crippen LogP contribution in [0.25, 0.3) is 0 Å². The van der Waals surface area contributed by atoms with Crippen LogP contribution in [0.2, 0.25) is 0 Å². The average Bonchev–Trinajstić information content (AvgIpc) is 2.32. The van der Waals surface area contributed by atoms with Crippen molar-refractivity contribution in [2.45, 2.75) is 25.8 Å². The summed E-state index contributed by atoms with van der Waals surface area (Å²) in [5.41, 5.74) is 8.01. The molecular weight excluding hydrogens is 241 g/mol. The lowest BCUT2D eigenvalue weighted by molar-refractivity contribution is 0.336. The van der Waals surface area contributed by atoms with Crippen molar-refractivity contribution in [3.63, 3.8) is 0 Å². The molecule has 0 amide bonds. The van der Waals surface area contributed by atoms with Crippen molar-refractivity contribution in [2.75, 3.05) is 6.61 Å². The predicted molar refractivity (Wildman–Crippen MR) is 68.9 cm³/mol. The van der Waals surface area contributed by atoms with Gasteiger partial charge in [0.25, 0.3) is 0 Å². The average molecular weight is 258 g/mol. The first-order valence-corrected chi connectivity index (χ1v) is 6.03. The van der Waals surface area contributed by atoms with Gasteiger partial charge in [-0.15, -0.1) is 0 Å². The van der Waals surface area contributed by atoms with Crippen molar-refractivity contribution < 1.29 is 9.13 Å². The van der Waals surface area contributed by atoms with Gasteiger partial charge in [0.15, 0.2) is 11.6 Å². The van der Waals surface area contributed by atoms with Crippen LogP contribution in [0, 0.1) is 5.82 Å². The van der Waals surface area contributed by atoms with Crippen LogP contribution in [0.1, 0.15) is 18.9 Å². The summed E-state index contributed by atoms with van der Waals surface area (Å²) in [6.07, 6.45) is 3.06. The van der Waals surface area contributed by atoms with Crippen LogP contribution >= 0.6 is 11.6 Å². The van der Waals surface area contributed by atoms with Crippen LogP contribution in [0.4, 0.5) is 4.39 Å². The van der Waals surface area contributed by atoms with Gasteiger partial charge in [-0.3, -0.25) is 0 Å². The first kappa shape index (κ1) is 14.0. The summed E-state index contributed by atoms with van der Waals surface area (Å²) in [5.74, 6) is -0.0973. The first-order chi connectivity index (χ1) is 8.19. The first-order valence-electron chi connectivity index (χ1n) is 5.60. The molecule has 1 rings (SSSR count). The molecule has 2 N–H and O–H groups in total. The minimum Gasteiger partial charge on any atom is -0.486 e. The number of rotatable bonds is 6. The molecule has 1 unspecified atom stereocenters. The van der Waals surface area contributed by atoms with Gasteiger partial charge in [0.2, 0.25) is 0 Å². The smallest absolute Gasteiger partial charge is 0.165 e. The van der Waals surface area contributed by atoms with E-state index in [0.717, 1.165) is 12.0 Å². The van der Waals surface area contributed by atoms with Crippen molar-refractivity contribution in [3.05, 3.63) is 41.2 Å². The van der Waals surface area contributed by atoms with Crippen molar-refractivity contribution in [1.29, 1.82) is 0 Å². The summed E-state index contributed by atoms with van der Waals surface area (Å²) in [5, 5.41) is 0. The standard InChI is InChI=1S/C13H17ClFNO/c1-2-11(16)9-10-5-3-6-12(15)13(10)17-8-4-7-14/h3-7,11H,2,8-9,16H2,1H3/b7-4+. The highest BCUT2D eigenvalue weighted by Gasteiger charge is 2.11. The third kappa shape index (κ3) is 4.36. The Balaban J connectivity index is 2.83. The Morgan fingerprint density at radius 3 is 2.94 bits per heavy atom. The molecule has 0 heterocycles. The Labute approximate surface area is 106 Å². The number of para-hydroxylation sites is 1. The fourth-order valence-corrected chi connectivity index (χ4v) is 1.54. The Morgan fingerprint density at radius 2 is 2.29 bits per heavy atom. The maximum Gasteiger partial charge on any atom is 0.165 e. The van der Waals surface area contributed by atoms with Gasteiger partial charge in [0.05, 0.1) is 0 Å². The zero-order valence-electron chi connectivity index (χ0n) is 9.83. The van der Waals surface area contributed by atoms with E-state index in [2.05, 4.69) is 0 Å². The van der Waals surface area contributed by atoms with Crippen molar-refractivity contribution >= 4 is 11.6 Å². The number of hydrogen-bond acceptors (Lipinski definition) is 2. The number of nitrogens with two attached hydrogens (primary N) is 1.